The molecule has 90 valence electrons. The second-order valence-electron chi connectivity index (χ2n) is 3.89. The maximum absolute atomic E-state index is 11.5. The van der Waals surface area contributed by atoms with Crippen LogP contribution < -0.4 is 5.32 Å². The summed E-state index contributed by atoms with van der Waals surface area (Å²) in [6.45, 7) is 0.720. The van der Waals surface area contributed by atoms with E-state index in [4.69, 9.17) is 0 Å². The quantitative estimate of drug-likeness (QED) is 0.619. The fraction of sp³-hybridized carbons (Fsp3) is 0.231. The molecular weight excluding hydrogens is 216 g/mol. The summed E-state index contributed by atoms with van der Waals surface area (Å²) in [6, 6.07) is 6.71. The van der Waals surface area contributed by atoms with Crippen LogP contribution in [0.3, 0.4) is 0 Å². The molecule has 1 aromatic rings. The summed E-state index contributed by atoms with van der Waals surface area (Å²) in [7, 11) is 3.86. The Kier molecular flexibility index (Phi) is 5.10. The fourth-order valence-electron chi connectivity index (χ4n) is 1.20. The van der Waals surface area contributed by atoms with E-state index in [1.54, 1.807) is 30.3 Å². The minimum atomic E-state index is -0.175. The van der Waals surface area contributed by atoms with Crippen LogP contribution in [0.1, 0.15) is 10.4 Å². The molecule has 1 aromatic carbocycles. The Morgan fingerprint density at radius 1 is 1.29 bits per heavy atom. The molecule has 0 fully saturated rings. The average Bonchev–Trinajstić information content (AvgIpc) is 2.29. The third-order valence-electron chi connectivity index (χ3n) is 2.05. The smallest absolute Gasteiger partial charge is 0.248 e. The highest BCUT2D eigenvalue weighted by atomic mass is 16.1. The number of benzene rings is 1. The number of nitrogens with one attached hydrogen (secondary N) is 1. The summed E-state index contributed by atoms with van der Waals surface area (Å²) in [5.41, 5.74) is 1.27. The van der Waals surface area contributed by atoms with Crippen LogP contribution in [0.25, 0.3) is 0 Å². The number of amides is 1. The largest absolute Gasteiger partial charge is 0.323 e. The monoisotopic (exact) mass is 232 g/mol. The number of anilines is 1. The predicted molar refractivity (Wildman–Crippen MR) is 68.2 cm³/mol. The Labute approximate surface area is 101 Å². The molecule has 0 aliphatic rings. The molecule has 0 radical (unpaired) electrons. The van der Waals surface area contributed by atoms with Gasteiger partial charge in [0.15, 0.2) is 0 Å². The molecule has 4 nitrogen and oxygen atoms in total. The number of nitrogens with zero attached hydrogens (tertiary/aromatic N) is 1. The first-order chi connectivity index (χ1) is 8.11. The van der Waals surface area contributed by atoms with Crippen LogP contribution in [0.5, 0.6) is 0 Å². The third-order valence-corrected chi connectivity index (χ3v) is 2.05. The minimum absolute atomic E-state index is 0.175. The molecule has 0 bridgehead atoms. The average molecular weight is 232 g/mol. The van der Waals surface area contributed by atoms with E-state index in [0.717, 1.165) is 12.8 Å². The highest BCUT2D eigenvalue weighted by molar-refractivity contribution is 5.99. The van der Waals surface area contributed by atoms with E-state index in [2.05, 4.69) is 5.32 Å². The number of hydrogen-bond donors (Lipinski definition) is 1. The van der Waals surface area contributed by atoms with Crippen LogP contribution in [0, 0.1) is 0 Å². The van der Waals surface area contributed by atoms with Gasteiger partial charge in [0.1, 0.15) is 6.29 Å². The zero-order valence-corrected chi connectivity index (χ0v) is 10.0. The van der Waals surface area contributed by atoms with Gasteiger partial charge in [-0.3, -0.25) is 9.59 Å². The minimum Gasteiger partial charge on any atom is -0.323 e. The van der Waals surface area contributed by atoms with Crippen molar-refractivity contribution in [3.05, 3.63) is 42.0 Å². The van der Waals surface area contributed by atoms with Gasteiger partial charge in [0, 0.05) is 23.9 Å². The van der Waals surface area contributed by atoms with E-state index < -0.39 is 0 Å². The van der Waals surface area contributed by atoms with Gasteiger partial charge in [0.25, 0.3) is 0 Å². The van der Waals surface area contributed by atoms with Gasteiger partial charge in [-0.1, -0.05) is 6.08 Å². The molecule has 0 aromatic heterocycles. The van der Waals surface area contributed by atoms with Crippen LogP contribution in [-0.2, 0) is 4.79 Å². The van der Waals surface area contributed by atoms with E-state index in [9.17, 15) is 9.59 Å². The van der Waals surface area contributed by atoms with Crippen molar-refractivity contribution in [2.45, 2.75) is 0 Å². The normalized spacial score (nSPS) is 10.8. The topological polar surface area (TPSA) is 49.4 Å². The lowest BCUT2D eigenvalue weighted by atomic mass is 10.2. The Balaban J connectivity index is 2.50. The van der Waals surface area contributed by atoms with Crippen molar-refractivity contribution in [1.29, 1.82) is 0 Å². The number of rotatable bonds is 5. The lowest BCUT2D eigenvalue weighted by Crippen LogP contribution is -2.12. The Bertz CT molecular complexity index is 408. The number of carbonyl (C=O) groups excluding carboxylic acids is 2. The standard InChI is InChI=1S/C13H16N2O2/c1-15(2)9-3-4-13(17)14-12-7-5-11(10-16)6-8-12/h3-8,10H,9H2,1-2H3,(H,14,17)/b4-3+. The van der Waals surface area contributed by atoms with Gasteiger partial charge in [0.05, 0.1) is 0 Å². The molecule has 0 unspecified atom stereocenters. The van der Waals surface area contributed by atoms with Crippen LogP contribution >= 0.6 is 0 Å². The summed E-state index contributed by atoms with van der Waals surface area (Å²) in [5.74, 6) is -0.175. The van der Waals surface area contributed by atoms with E-state index in [0.29, 0.717) is 11.3 Å². The van der Waals surface area contributed by atoms with Crippen LogP contribution in [-0.4, -0.2) is 37.7 Å². The van der Waals surface area contributed by atoms with Crippen molar-refractivity contribution in [2.24, 2.45) is 0 Å². The van der Waals surface area contributed by atoms with Crippen molar-refractivity contribution < 1.29 is 9.59 Å². The summed E-state index contributed by atoms with van der Waals surface area (Å²) in [4.78, 5) is 23.9. The summed E-state index contributed by atoms with van der Waals surface area (Å²) >= 11 is 0. The lowest BCUT2D eigenvalue weighted by Gasteiger charge is -2.04. The van der Waals surface area contributed by atoms with E-state index in [1.165, 1.54) is 6.08 Å². The highest BCUT2D eigenvalue weighted by Gasteiger charge is 1.97. The molecule has 1 amide bonds. The molecule has 0 spiro atoms. The van der Waals surface area contributed by atoms with Gasteiger partial charge in [0.2, 0.25) is 5.91 Å². The van der Waals surface area contributed by atoms with E-state index in [1.807, 2.05) is 19.0 Å². The molecular formula is C13H16N2O2. The van der Waals surface area contributed by atoms with Gasteiger partial charge in [-0.2, -0.15) is 0 Å². The second-order valence-corrected chi connectivity index (χ2v) is 3.89. The maximum atomic E-state index is 11.5. The summed E-state index contributed by atoms with van der Waals surface area (Å²) in [6.07, 6.45) is 4.05. The molecule has 0 saturated carbocycles. The van der Waals surface area contributed by atoms with Crippen molar-refractivity contribution in [3.63, 3.8) is 0 Å². The van der Waals surface area contributed by atoms with Gasteiger partial charge in [-0.05, 0) is 38.4 Å². The molecule has 0 heterocycles. The van der Waals surface area contributed by atoms with Crippen molar-refractivity contribution in [1.82, 2.24) is 4.90 Å². The van der Waals surface area contributed by atoms with Crippen molar-refractivity contribution in [3.8, 4) is 0 Å². The molecule has 0 saturated heterocycles. The van der Waals surface area contributed by atoms with Gasteiger partial charge in [-0.15, -0.1) is 0 Å². The Hall–Kier alpha value is -1.94. The number of aldehydes is 1. The molecule has 4 heteroatoms. The number of hydrogen-bond acceptors (Lipinski definition) is 3. The van der Waals surface area contributed by atoms with E-state index in [-0.39, 0.29) is 5.91 Å². The predicted octanol–water partition coefficient (Wildman–Crippen LogP) is 1.56. The summed E-state index contributed by atoms with van der Waals surface area (Å²) in [5, 5.41) is 2.71. The van der Waals surface area contributed by atoms with Crippen LogP contribution in [0.2, 0.25) is 0 Å². The van der Waals surface area contributed by atoms with Gasteiger partial charge < -0.3 is 10.2 Å². The SMILES string of the molecule is CN(C)C/C=C/C(=O)Nc1ccc(C=O)cc1. The molecule has 0 atom stereocenters. The number of likely N-dealkylation sites (N-methyl/N-ethyl adjacent to an activating group) is 1. The molecule has 1 N–H and O–H groups in total. The van der Waals surface area contributed by atoms with Crippen molar-refractivity contribution >= 4 is 17.9 Å². The third kappa shape index (κ3) is 5.08. The molecule has 17 heavy (non-hydrogen) atoms. The zero-order valence-electron chi connectivity index (χ0n) is 10.0. The first-order valence-corrected chi connectivity index (χ1v) is 5.29. The number of carbonyl (C=O) groups is 2. The Morgan fingerprint density at radius 3 is 2.47 bits per heavy atom. The zero-order chi connectivity index (χ0) is 12.7. The van der Waals surface area contributed by atoms with E-state index >= 15 is 0 Å². The molecule has 0 aliphatic heterocycles. The van der Waals surface area contributed by atoms with Gasteiger partial charge >= 0.3 is 0 Å². The lowest BCUT2D eigenvalue weighted by molar-refractivity contribution is -0.111. The van der Waals surface area contributed by atoms with Gasteiger partial charge in [-0.25, -0.2) is 0 Å². The maximum Gasteiger partial charge on any atom is 0.248 e. The van der Waals surface area contributed by atoms with Crippen LogP contribution in [0.15, 0.2) is 36.4 Å². The molecule has 1 rings (SSSR count). The van der Waals surface area contributed by atoms with Crippen molar-refractivity contribution in [2.75, 3.05) is 26.0 Å². The fourth-order valence-corrected chi connectivity index (χ4v) is 1.20. The highest BCUT2D eigenvalue weighted by Crippen LogP contribution is 2.07. The second kappa shape index (κ2) is 6.60. The van der Waals surface area contributed by atoms with Crippen LogP contribution in [0.4, 0.5) is 5.69 Å². The first-order valence-electron chi connectivity index (χ1n) is 5.29. The Morgan fingerprint density at radius 2 is 1.94 bits per heavy atom. The summed E-state index contributed by atoms with van der Waals surface area (Å²) < 4.78 is 0. The first kappa shape index (κ1) is 13.1. The molecule has 0 aliphatic carbocycles.